The molecular weight excluding hydrogens is 188 g/mol. The number of nitrogens with one attached hydrogen (secondary N) is 1. The zero-order chi connectivity index (χ0) is 10.7. The average molecular weight is 212 g/mol. The number of rotatable bonds is 3. The Morgan fingerprint density at radius 3 is 2.80 bits per heavy atom. The van der Waals surface area contributed by atoms with Gasteiger partial charge in [-0.3, -0.25) is 4.90 Å². The van der Waals surface area contributed by atoms with Crippen molar-refractivity contribution < 1.29 is 4.74 Å². The van der Waals surface area contributed by atoms with Crippen molar-refractivity contribution in [2.45, 2.75) is 44.2 Å². The molecule has 0 aromatic rings. The first kappa shape index (κ1) is 11.4. The highest BCUT2D eigenvalue weighted by atomic mass is 16.5. The van der Waals surface area contributed by atoms with E-state index in [0.717, 1.165) is 13.1 Å². The minimum atomic E-state index is 0.202. The van der Waals surface area contributed by atoms with Crippen molar-refractivity contribution in [2.24, 2.45) is 0 Å². The maximum Gasteiger partial charge on any atom is 0.0805 e. The summed E-state index contributed by atoms with van der Waals surface area (Å²) in [5.41, 5.74) is 0.202. The van der Waals surface area contributed by atoms with Crippen LogP contribution in [0.1, 0.15) is 32.6 Å². The molecule has 0 radical (unpaired) electrons. The van der Waals surface area contributed by atoms with Gasteiger partial charge in [-0.2, -0.15) is 0 Å². The van der Waals surface area contributed by atoms with Crippen molar-refractivity contribution in [3.8, 4) is 0 Å². The van der Waals surface area contributed by atoms with E-state index in [1.165, 1.54) is 38.8 Å². The van der Waals surface area contributed by atoms with Crippen LogP contribution < -0.4 is 5.32 Å². The monoisotopic (exact) mass is 212 g/mol. The molecule has 3 heteroatoms. The smallest absolute Gasteiger partial charge is 0.0805 e. The van der Waals surface area contributed by atoms with Crippen molar-refractivity contribution in [3.63, 3.8) is 0 Å². The Morgan fingerprint density at radius 1 is 1.40 bits per heavy atom. The minimum Gasteiger partial charge on any atom is -0.377 e. The molecule has 1 unspecified atom stereocenters. The van der Waals surface area contributed by atoms with E-state index in [2.05, 4.69) is 17.1 Å². The molecule has 3 nitrogen and oxygen atoms in total. The molecule has 0 aromatic carbocycles. The molecule has 1 saturated heterocycles. The first-order valence-electron chi connectivity index (χ1n) is 6.25. The number of ether oxygens (including phenoxy) is 1. The maximum atomic E-state index is 5.68. The third-order valence-corrected chi connectivity index (χ3v) is 4.01. The van der Waals surface area contributed by atoms with Gasteiger partial charge in [-0.05, 0) is 39.2 Å². The van der Waals surface area contributed by atoms with E-state index in [1.807, 2.05) is 7.11 Å². The van der Waals surface area contributed by atoms with Crippen molar-refractivity contribution in [2.75, 3.05) is 33.3 Å². The number of nitrogens with zero attached hydrogens (tertiary/aromatic N) is 1. The second-order valence-corrected chi connectivity index (χ2v) is 5.16. The van der Waals surface area contributed by atoms with Crippen LogP contribution in [0.25, 0.3) is 0 Å². The molecule has 15 heavy (non-hydrogen) atoms. The molecule has 1 N–H and O–H groups in total. The highest BCUT2D eigenvalue weighted by molar-refractivity contribution is 4.93. The summed E-state index contributed by atoms with van der Waals surface area (Å²) in [5, 5.41) is 3.53. The van der Waals surface area contributed by atoms with E-state index in [9.17, 15) is 0 Å². The quantitative estimate of drug-likeness (QED) is 0.762. The fourth-order valence-electron chi connectivity index (χ4n) is 2.62. The molecule has 1 aliphatic heterocycles. The first-order chi connectivity index (χ1) is 7.24. The lowest BCUT2D eigenvalue weighted by molar-refractivity contribution is -0.0906. The largest absolute Gasteiger partial charge is 0.377 e. The van der Waals surface area contributed by atoms with Crippen LogP contribution in [0.3, 0.4) is 0 Å². The molecule has 1 saturated carbocycles. The first-order valence-corrected chi connectivity index (χ1v) is 6.25. The van der Waals surface area contributed by atoms with Gasteiger partial charge in [0.2, 0.25) is 0 Å². The Bertz CT molecular complexity index is 198. The molecular formula is C12H24N2O. The predicted octanol–water partition coefficient (Wildman–Crippen LogP) is 1.24. The molecule has 2 aliphatic rings. The van der Waals surface area contributed by atoms with Crippen LogP contribution in [0.4, 0.5) is 0 Å². The average Bonchev–Trinajstić information content (AvgIpc) is 2.37. The Kier molecular flexibility index (Phi) is 3.65. The van der Waals surface area contributed by atoms with Gasteiger partial charge in [0.25, 0.3) is 0 Å². The van der Waals surface area contributed by atoms with E-state index < -0.39 is 0 Å². The molecule has 1 atom stereocenters. The van der Waals surface area contributed by atoms with Gasteiger partial charge in [0.05, 0.1) is 5.60 Å². The zero-order valence-electron chi connectivity index (χ0n) is 10.1. The lowest BCUT2D eigenvalue weighted by Crippen LogP contribution is -2.50. The Labute approximate surface area is 93.2 Å². The summed E-state index contributed by atoms with van der Waals surface area (Å²) in [6, 6.07) is 0.676. The lowest BCUT2D eigenvalue weighted by atomic mass is 9.79. The molecule has 0 bridgehead atoms. The fraction of sp³-hybridized carbons (Fsp3) is 1.00. The van der Waals surface area contributed by atoms with Crippen LogP contribution >= 0.6 is 0 Å². The van der Waals surface area contributed by atoms with Crippen molar-refractivity contribution in [1.82, 2.24) is 10.2 Å². The predicted molar refractivity (Wildman–Crippen MR) is 62.1 cm³/mol. The van der Waals surface area contributed by atoms with Crippen LogP contribution in [0, 0.1) is 0 Å². The van der Waals surface area contributed by atoms with Gasteiger partial charge in [0.1, 0.15) is 0 Å². The minimum absolute atomic E-state index is 0.202. The highest BCUT2D eigenvalue weighted by Gasteiger charge is 2.38. The van der Waals surface area contributed by atoms with Gasteiger partial charge >= 0.3 is 0 Å². The Morgan fingerprint density at radius 2 is 2.20 bits per heavy atom. The third-order valence-electron chi connectivity index (χ3n) is 4.01. The number of hydrogen-bond acceptors (Lipinski definition) is 3. The summed E-state index contributed by atoms with van der Waals surface area (Å²) < 4.78 is 5.68. The lowest BCUT2D eigenvalue weighted by Gasteiger charge is -2.43. The van der Waals surface area contributed by atoms with Gasteiger partial charge in [0, 0.05) is 32.8 Å². The standard InChI is InChI=1S/C12H24N2O/c1-11-4-8-14(9-7-13-11)10-12(15-2)5-3-6-12/h11,13H,3-10H2,1-2H3. The molecule has 88 valence electrons. The third kappa shape index (κ3) is 2.71. The van der Waals surface area contributed by atoms with E-state index in [0.29, 0.717) is 6.04 Å². The van der Waals surface area contributed by atoms with Crippen molar-refractivity contribution in [3.05, 3.63) is 0 Å². The summed E-state index contributed by atoms with van der Waals surface area (Å²) in [5.74, 6) is 0. The van der Waals surface area contributed by atoms with E-state index in [-0.39, 0.29) is 5.60 Å². The summed E-state index contributed by atoms with van der Waals surface area (Å²) in [4.78, 5) is 2.57. The SMILES string of the molecule is COC1(CN2CCNC(C)CC2)CCC1. The highest BCUT2D eigenvalue weighted by Crippen LogP contribution is 2.35. The van der Waals surface area contributed by atoms with Crippen LogP contribution in [-0.4, -0.2) is 49.8 Å². The fourth-order valence-corrected chi connectivity index (χ4v) is 2.62. The maximum absolute atomic E-state index is 5.68. The number of hydrogen-bond donors (Lipinski definition) is 1. The van der Waals surface area contributed by atoms with E-state index in [4.69, 9.17) is 4.74 Å². The second kappa shape index (κ2) is 4.81. The van der Waals surface area contributed by atoms with Gasteiger partial charge in [0.15, 0.2) is 0 Å². The van der Waals surface area contributed by atoms with Crippen LogP contribution in [0.15, 0.2) is 0 Å². The molecule has 1 heterocycles. The van der Waals surface area contributed by atoms with Gasteiger partial charge in [-0.1, -0.05) is 0 Å². The summed E-state index contributed by atoms with van der Waals surface area (Å²) >= 11 is 0. The van der Waals surface area contributed by atoms with Crippen LogP contribution in [-0.2, 0) is 4.74 Å². The second-order valence-electron chi connectivity index (χ2n) is 5.16. The van der Waals surface area contributed by atoms with Gasteiger partial charge in [-0.25, -0.2) is 0 Å². The summed E-state index contributed by atoms with van der Waals surface area (Å²) in [6.07, 6.45) is 5.11. The van der Waals surface area contributed by atoms with Crippen molar-refractivity contribution in [1.29, 1.82) is 0 Å². The molecule has 0 amide bonds. The Hall–Kier alpha value is -0.120. The van der Waals surface area contributed by atoms with E-state index in [1.54, 1.807) is 0 Å². The molecule has 1 aliphatic carbocycles. The summed E-state index contributed by atoms with van der Waals surface area (Å²) in [7, 11) is 1.87. The zero-order valence-corrected chi connectivity index (χ0v) is 10.1. The van der Waals surface area contributed by atoms with Crippen LogP contribution in [0.5, 0.6) is 0 Å². The molecule has 2 fully saturated rings. The molecule has 0 aromatic heterocycles. The molecule has 2 rings (SSSR count). The van der Waals surface area contributed by atoms with E-state index >= 15 is 0 Å². The topological polar surface area (TPSA) is 24.5 Å². The Balaban J connectivity index is 1.82. The summed E-state index contributed by atoms with van der Waals surface area (Å²) in [6.45, 7) is 6.94. The number of methoxy groups -OCH3 is 1. The molecule has 0 spiro atoms. The van der Waals surface area contributed by atoms with Crippen molar-refractivity contribution >= 4 is 0 Å². The normalized spacial score (nSPS) is 32.0. The van der Waals surface area contributed by atoms with Gasteiger partial charge in [-0.15, -0.1) is 0 Å². The van der Waals surface area contributed by atoms with Gasteiger partial charge < -0.3 is 10.1 Å². The van der Waals surface area contributed by atoms with Crippen LogP contribution in [0.2, 0.25) is 0 Å².